The molecule has 8 nitrogen and oxygen atoms in total. The van der Waals surface area contributed by atoms with Crippen LogP contribution in [0.15, 0.2) is 42.6 Å². The van der Waals surface area contributed by atoms with Crippen molar-refractivity contribution in [3.05, 3.63) is 53.2 Å². The van der Waals surface area contributed by atoms with Crippen LogP contribution >= 0.6 is 11.3 Å². The van der Waals surface area contributed by atoms with Crippen LogP contribution in [0.4, 0.5) is 16.2 Å². The summed E-state index contributed by atoms with van der Waals surface area (Å²) in [6.45, 7) is 2.85. The van der Waals surface area contributed by atoms with Crippen LogP contribution in [0.25, 0.3) is 21.1 Å². The number of β-amino-alcohol motifs (C(OH)–C–C–N with tert-alkyl or cyclic N) is 1. The summed E-state index contributed by atoms with van der Waals surface area (Å²) in [6.07, 6.45) is 1.89. The Hall–Kier alpha value is -3.43. The Labute approximate surface area is 188 Å². The fraction of sp³-hybridized carbons (Fsp3) is 0.261. The van der Waals surface area contributed by atoms with Gasteiger partial charge in [-0.25, -0.2) is 4.79 Å². The molecular weight excluding hydrogens is 426 g/mol. The van der Waals surface area contributed by atoms with E-state index in [9.17, 15) is 14.7 Å². The van der Waals surface area contributed by atoms with Crippen LogP contribution in [-0.4, -0.2) is 57.7 Å². The summed E-state index contributed by atoms with van der Waals surface area (Å²) in [5.74, 6) is -0.0667. The summed E-state index contributed by atoms with van der Waals surface area (Å²) in [4.78, 5) is 31.8. The third-order valence-corrected chi connectivity index (χ3v) is 6.90. The Bertz CT molecular complexity index is 1360. The van der Waals surface area contributed by atoms with Crippen LogP contribution in [0.1, 0.15) is 21.8 Å². The van der Waals surface area contributed by atoms with Crippen molar-refractivity contribution in [1.82, 2.24) is 19.8 Å². The number of pyridine rings is 1. The maximum Gasteiger partial charge on any atom is 0.325 e. The first-order valence-electron chi connectivity index (χ1n) is 10.4. The molecule has 4 aromatic rings. The van der Waals surface area contributed by atoms with Crippen LogP contribution in [0.2, 0.25) is 0 Å². The largest absolute Gasteiger partial charge is 0.391 e. The summed E-state index contributed by atoms with van der Waals surface area (Å²) >= 11 is 1.40. The monoisotopic (exact) mass is 449 g/mol. The highest BCUT2D eigenvalue weighted by molar-refractivity contribution is 7.21. The lowest BCUT2D eigenvalue weighted by atomic mass is 10.2. The van der Waals surface area contributed by atoms with Gasteiger partial charge in [-0.15, -0.1) is 11.3 Å². The highest BCUT2D eigenvalue weighted by Gasteiger charge is 2.27. The van der Waals surface area contributed by atoms with Gasteiger partial charge in [0.05, 0.1) is 32.4 Å². The first kappa shape index (κ1) is 20.5. The smallest absolute Gasteiger partial charge is 0.325 e. The number of nitrogens with one attached hydrogen (secondary N) is 2. The van der Waals surface area contributed by atoms with Gasteiger partial charge in [0, 0.05) is 43.1 Å². The molecule has 1 fully saturated rings. The lowest BCUT2D eigenvalue weighted by Crippen LogP contribution is -2.28. The van der Waals surface area contributed by atoms with Gasteiger partial charge in [-0.05, 0) is 49.7 Å². The summed E-state index contributed by atoms with van der Waals surface area (Å²) in [5, 5.41) is 16.8. The number of likely N-dealkylation sites (tertiary alicyclic amines) is 1. The highest BCUT2D eigenvalue weighted by atomic mass is 32.1. The molecule has 1 aromatic carbocycles. The molecule has 5 rings (SSSR count). The third-order valence-electron chi connectivity index (χ3n) is 5.75. The van der Waals surface area contributed by atoms with Crippen molar-refractivity contribution in [2.24, 2.45) is 0 Å². The Kier molecular flexibility index (Phi) is 5.07. The van der Waals surface area contributed by atoms with Gasteiger partial charge in [-0.1, -0.05) is 0 Å². The predicted molar refractivity (Wildman–Crippen MR) is 126 cm³/mol. The minimum Gasteiger partial charge on any atom is -0.391 e. The number of amides is 2. The lowest BCUT2D eigenvalue weighted by Gasteiger charge is -2.13. The second-order valence-electron chi connectivity index (χ2n) is 7.95. The van der Waals surface area contributed by atoms with Gasteiger partial charge in [0.15, 0.2) is 0 Å². The number of carbonyl (C=O) groups is 2. The predicted octanol–water partition coefficient (Wildman–Crippen LogP) is 3.70. The number of benzene rings is 1. The molecule has 0 unspecified atom stereocenters. The van der Waals surface area contributed by atoms with Crippen LogP contribution in [0.5, 0.6) is 0 Å². The quantitative estimate of drug-likeness (QED) is 0.443. The molecule has 164 valence electrons. The zero-order chi connectivity index (χ0) is 22.4. The van der Waals surface area contributed by atoms with Crippen molar-refractivity contribution in [3.8, 4) is 0 Å². The van der Waals surface area contributed by atoms with Crippen molar-refractivity contribution >= 4 is 55.8 Å². The molecule has 9 heteroatoms. The molecular formula is C23H23N5O3S. The molecule has 3 aromatic heterocycles. The van der Waals surface area contributed by atoms with Gasteiger partial charge < -0.3 is 20.6 Å². The number of carbonyl (C=O) groups excluding carboxylic acids is 2. The number of anilines is 2. The minimum atomic E-state index is -0.444. The molecule has 2 amide bonds. The standard InChI is InChI=1S/C23H23N5O3S/c1-13-9-14-10-15(3-4-19(14)28(13)23(31)24-2)26-17-5-7-25-18-11-20(32-21(17)18)22(30)27-8-6-16(29)12-27/h3-5,7,9-11,16,29H,6,8,12H2,1-2H3,(H,24,31)(H,25,26)/t16-/m0/s1. The van der Waals surface area contributed by atoms with E-state index in [-0.39, 0.29) is 11.9 Å². The second kappa shape index (κ2) is 7.92. The molecule has 1 atom stereocenters. The van der Waals surface area contributed by atoms with Crippen molar-refractivity contribution in [1.29, 1.82) is 0 Å². The first-order valence-corrected chi connectivity index (χ1v) is 11.2. The number of aliphatic hydroxyl groups excluding tert-OH is 1. The number of nitrogens with zero attached hydrogens (tertiary/aromatic N) is 3. The average Bonchev–Trinajstić information content (AvgIpc) is 3.49. The van der Waals surface area contributed by atoms with Gasteiger partial charge in [0.2, 0.25) is 0 Å². The molecule has 1 aliphatic rings. The number of aromatic nitrogens is 2. The topological polar surface area (TPSA) is 99.5 Å². The molecule has 0 spiro atoms. The molecule has 0 bridgehead atoms. The van der Waals surface area contributed by atoms with Gasteiger partial charge in [0.25, 0.3) is 5.91 Å². The van der Waals surface area contributed by atoms with Gasteiger partial charge in [-0.2, -0.15) is 0 Å². The summed E-state index contributed by atoms with van der Waals surface area (Å²) in [5.41, 5.74) is 4.19. The molecule has 1 aliphatic heterocycles. The van der Waals surface area contributed by atoms with E-state index in [2.05, 4.69) is 15.6 Å². The van der Waals surface area contributed by atoms with E-state index < -0.39 is 6.10 Å². The third kappa shape index (κ3) is 3.49. The van der Waals surface area contributed by atoms with Crippen LogP contribution in [0, 0.1) is 6.92 Å². The number of thiophene rings is 1. The van der Waals surface area contributed by atoms with Gasteiger partial charge >= 0.3 is 6.03 Å². The highest BCUT2D eigenvalue weighted by Crippen LogP contribution is 2.34. The summed E-state index contributed by atoms with van der Waals surface area (Å²) in [7, 11) is 1.62. The van der Waals surface area contributed by atoms with E-state index in [0.717, 1.165) is 38.2 Å². The van der Waals surface area contributed by atoms with Crippen molar-refractivity contribution in [2.75, 3.05) is 25.5 Å². The SMILES string of the molecule is CNC(=O)n1c(C)cc2cc(Nc3ccnc4cc(C(=O)N5CC[C@H](O)C5)sc34)ccc21. The Balaban J connectivity index is 1.46. The maximum absolute atomic E-state index is 12.8. The molecule has 0 saturated carbocycles. The van der Waals surface area contributed by atoms with E-state index in [1.807, 2.05) is 43.3 Å². The number of aliphatic hydroxyl groups is 1. The Morgan fingerprint density at radius 2 is 2.06 bits per heavy atom. The molecule has 0 aliphatic carbocycles. The molecule has 4 heterocycles. The molecule has 1 saturated heterocycles. The van der Waals surface area contributed by atoms with E-state index >= 15 is 0 Å². The van der Waals surface area contributed by atoms with E-state index in [4.69, 9.17) is 0 Å². The fourth-order valence-electron chi connectivity index (χ4n) is 4.19. The van der Waals surface area contributed by atoms with Crippen LogP contribution in [0.3, 0.4) is 0 Å². The number of hydrogen-bond acceptors (Lipinski definition) is 6. The number of aryl methyl sites for hydroxylation is 1. The van der Waals surface area contributed by atoms with Crippen LogP contribution in [-0.2, 0) is 0 Å². The van der Waals surface area contributed by atoms with Crippen molar-refractivity contribution in [2.45, 2.75) is 19.4 Å². The molecule has 0 radical (unpaired) electrons. The number of rotatable bonds is 3. The zero-order valence-corrected chi connectivity index (χ0v) is 18.6. The van der Waals surface area contributed by atoms with E-state index in [0.29, 0.717) is 24.4 Å². The first-order chi connectivity index (χ1) is 15.4. The Morgan fingerprint density at radius 3 is 2.81 bits per heavy atom. The second-order valence-corrected chi connectivity index (χ2v) is 9.00. The van der Waals surface area contributed by atoms with Gasteiger partial charge in [0.1, 0.15) is 0 Å². The number of hydrogen-bond donors (Lipinski definition) is 3. The lowest BCUT2D eigenvalue weighted by molar-refractivity contribution is 0.0769. The van der Waals surface area contributed by atoms with Crippen molar-refractivity contribution < 1.29 is 14.7 Å². The van der Waals surface area contributed by atoms with Crippen LogP contribution < -0.4 is 10.6 Å². The van der Waals surface area contributed by atoms with E-state index in [1.165, 1.54) is 11.3 Å². The summed E-state index contributed by atoms with van der Waals surface area (Å²) < 4.78 is 2.55. The normalized spacial score (nSPS) is 16.1. The Morgan fingerprint density at radius 1 is 1.22 bits per heavy atom. The summed E-state index contributed by atoms with van der Waals surface area (Å²) in [6, 6.07) is 11.4. The fourth-order valence-corrected chi connectivity index (χ4v) is 5.24. The minimum absolute atomic E-state index is 0.0667. The van der Waals surface area contributed by atoms with Crippen molar-refractivity contribution in [3.63, 3.8) is 0 Å². The van der Waals surface area contributed by atoms with E-state index in [1.54, 1.807) is 22.7 Å². The molecule has 3 N–H and O–H groups in total. The molecule has 32 heavy (non-hydrogen) atoms. The average molecular weight is 450 g/mol. The zero-order valence-electron chi connectivity index (χ0n) is 17.8. The number of fused-ring (bicyclic) bond motifs is 2. The van der Waals surface area contributed by atoms with Gasteiger partial charge in [-0.3, -0.25) is 14.3 Å². The maximum atomic E-state index is 12.8.